The first-order chi connectivity index (χ1) is 10.0. The number of hydrogen-bond donors (Lipinski definition) is 1. The van der Waals surface area contributed by atoms with Crippen LogP contribution in [0.5, 0.6) is 0 Å². The predicted octanol–water partition coefficient (Wildman–Crippen LogP) is 3.75. The van der Waals surface area contributed by atoms with Crippen molar-refractivity contribution in [3.8, 4) is 0 Å². The first kappa shape index (κ1) is 15.5. The van der Waals surface area contributed by atoms with Gasteiger partial charge in [-0.25, -0.2) is 4.98 Å². The van der Waals surface area contributed by atoms with Gasteiger partial charge in [0.05, 0.1) is 0 Å². The quantitative estimate of drug-likeness (QED) is 0.908. The minimum Gasteiger partial charge on any atom is -0.328 e. The van der Waals surface area contributed by atoms with Gasteiger partial charge in [-0.15, -0.1) is 0 Å². The Labute approximate surface area is 127 Å². The Hall–Kier alpha value is -1.87. The van der Waals surface area contributed by atoms with E-state index in [0.29, 0.717) is 0 Å². The molecule has 1 unspecified atom stereocenters. The van der Waals surface area contributed by atoms with E-state index in [1.165, 1.54) is 22.4 Å². The van der Waals surface area contributed by atoms with Gasteiger partial charge in [-0.1, -0.05) is 23.8 Å². The second kappa shape index (κ2) is 6.72. The Balaban J connectivity index is 2.32. The Morgan fingerprint density at radius 1 is 1.19 bits per heavy atom. The molecule has 0 saturated heterocycles. The average Bonchev–Trinajstić information content (AvgIpc) is 2.43. The monoisotopic (exact) mass is 283 g/mol. The highest BCUT2D eigenvalue weighted by atomic mass is 15.2. The summed E-state index contributed by atoms with van der Waals surface area (Å²) in [5.74, 6) is 1.02. The Morgan fingerprint density at radius 2 is 1.86 bits per heavy atom. The molecule has 0 aliphatic heterocycles. The molecular formula is C18H25N3. The van der Waals surface area contributed by atoms with E-state index in [9.17, 15) is 0 Å². The fraction of sp³-hybridized carbons (Fsp3) is 0.389. The van der Waals surface area contributed by atoms with E-state index in [0.717, 1.165) is 18.8 Å². The first-order valence-corrected chi connectivity index (χ1v) is 7.56. The molecule has 0 amide bonds. The second-order valence-electron chi connectivity index (χ2n) is 5.75. The van der Waals surface area contributed by atoms with E-state index >= 15 is 0 Å². The first-order valence-electron chi connectivity index (χ1n) is 7.56. The van der Waals surface area contributed by atoms with Crippen LogP contribution in [0.2, 0.25) is 0 Å². The van der Waals surface area contributed by atoms with Crippen LogP contribution < -0.4 is 10.6 Å². The zero-order valence-corrected chi connectivity index (χ0v) is 13.4. The molecule has 1 aromatic heterocycles. The number of nitrogens with zero attached hydrogens (tertiary/aromatic N) is 2. The molecule has 2 N–H and O–H groups in total. The molecule has 21 heavy (non-hydrogen) atoms. The minimum absolute atomic E-state index is 0.163. The van der Waals surface area contributed by atoms with Crippen LogP contribution in [0.3, 0.4) is 0 Å². The Bertz CT molecular complexity index is 588. The smallest absolute Gasteiger partial charge is 0.135 e. The van der Waals surface area contributed by atoms with Crippen molar-refractivity contribution in [2.24, 2.45) is 5.73 Å². The Kier molecular flexibility index (Phi) is 4.97. The van der Waals surface area contributed by atoms with Gasteiger partial charge in [-0.2, -0.15) is 0 Å². The third-order valence-electron chi connectivity index (χ3n) is 3.58. The number of rotatable bonds is 5. The molecule has 1 heterocycles. The molecule has 112 valence electrons. The lowest BCUT2D eigenvalue weighted by Crippen LogP contribution is -2.20. The lowest BCUT2D eigenvalue weighted by Gasteiger charge is -2.24. The van der Waals surface area contributed by atoms with Crippen LogP contribution in [0.4, 0.5) is 11.5 Å². The van der Waals surface area contributed by atoms with Gasteiger partial charge in [0.1, 0.15) is 5.82 Å². The molecule has 1 aromatic carbocycles. The number of benzene rings is 1. The molecule has 0 fully saturated rings. The van der Waals surface area contributed by atoms with E-state index in [4.69, 9.17) is 5.73 Å². The van der Waals surface area contributed by atoms with Crippen LogP contribution >= 0.6 is 0 Å². The number of aryl methyl sites for hydroxylation is 2. The van der Waals surface area contributed by atoms with E-state index in [1.54, 1.807) is 0 Å². The van der Waals surface area contributed by atoms with Crippen LogP contribution in [0.15, 0.2) is 36.5 Å². The molecule has 0 aliphatic rings. The summed E-state index contributed by atoms with van der Waals surface area (Å²) in [4.78, 5) is 6.91. The molecule has 2 rings (SSSR count). The SMILES string of the molecule is CCN(c1ccc(C)cc1)c1ncc(CC(C)N)cc1C. The van der Waals surface area contributed by atoms with Crippen molar-refractivity contribution in [3.05, 3.63) is 53.2 Å². The average molecular weight is 283 g/mol. The second-order valence-corrected chi connectivity index (χ2v) is 5.75. The Morgan fingerprint density at radius 3 is 2.38 bits per heavy atom. The number of pyridine rings is 1. The maximum atomic E-state index is 5.87. The van der Waals surface area contributed by atoms with Crippen molar-refractivity contribution in [2.75, 3.05) is 11.4 Å². The molecule has 0 radical (unpaired) electrons. The van der Waals surface area contributed by atoms with Gasteiger partial charge >= 0.3 is 0 Å². The van der Waals surface area contributed by atoms with Crippen molar-refractivity contribution in [3.63, 3.8) is 0 Å². The highest BCUT2D eigenvalue weighted by Gasteiger charge is 2.12. The highest BCUT2D eigenvalue weighted by molar-refractivity contribution is 5.63. The van der Waals surface area contributed by atoms with Crippen molar-refractivity contribution < 1.29 is 0 Å². The van der Waals surface area contributed by atoms with Gasteiger partial charge in [0.25, 0.3) is 0 Å². The summed E-state index contributed by atoms with van der Waals surface area (Å²) in [6, 6.07) is 10.9. The minimum atomic E-state index is 0.163. The topological polar surface area (TPSA) is 42.2 Å². The molecule has 2 aromatic rings. The zero-order chi connectivity index (χ0) is 15.4. The third kappa shape index (κ3) is 3.82. The largest absolute Gasteiger partial charge is 0.328 e. The van der Waals surface area contributed by atoms with Gasteiger partial charge in [0, 0.05) is 24.5 Å². The number of anilines is 2. The van der Waals surface area contributed by atoms with Crippen molar-refractivity contribution in [1.82, 2.24) is 4.98 Å². The van der Waals surface area contributed by atoms with Gasteiger partial charge in [-0.05, 0) is 57.4 Å². The molecule has 0 aliphatic carbocycles. The molecule has 0 spiro atoms. The molecule has 3 heteroatoms. The lowest BCUT2D eigenvalue weighted by atomic mass is 10.1. The summed E-state index contributed by atoms with van der Waals surface area (Å²) in [6.07, 6.45) is 2.81. The van der Waals surface area contributed by atoms with Crippen LogP contribution in [0.25, 0.3) is 0 Å². The third-order valence-corrected chi connectivity index (χ3v) is 3.58. The predicted molar refractivity (Wildman–Crippen MR) is 90.2 cm³/mol. The van der Waals surface area contributed by atoms with E-state index < -0.39 is 0 Å². The van der Waals surface area contributed by atoms with Gasteiger partial charge in [-0.3, -0.25) is 0 Å². The van der Waals surface area contributed by atoms with E-state index in [-0.39, 0.29) is 6.04 Å². The number of aromatic nitrogens is 1. The van der Waals surface area contributed by atoms with Crippen LogP contribution in [0, 0.1) is 13.8 Å². The van der Waals surface area contributed by atoms with Crippen LogP contribution in [0.1, 0.15) is 30.5 Å². The van der Waals surface area contributed by atoms with Crippen LogP contribution in [-0.2, 0) is 6.42 Å². The maximum Gasteiger partial charge on any atom is 0.135 e. The molecule has 3 nitrogen and oxygen atoms in total. The maximum absolute atomic E-state index is 5.87. The van der Waals surface area contributed by atoms with Gasteiger partial charge in [0.2, 0.25) is 0 Å². The summed E-state index contributed by atoms with van der Waals surface area (Å²) in [5.41, 5.74) is 10.7. The standard InChI is InChI=1S/C18H25N3/c1-5-21(17-8-6-13(2)7-9-17)18-14(3)10-16(12-20-18)11-15(4)19/h6-10,12,15H,5,11,19H2,1-4H3. The highest BCUT2D eigenvalue weighted by Crippen LogP contribution is 2.27. The van der Waals surface area contributed by atoms with Gasteiger partial charge < -0.3 is 10.6 Å². The molecule has 0 bridgehead atoms. The number of nitrogens with two attached hydrogens (primary N) is 1. The fourth-order valence-corrected chi connectivity index (χ4v) is 2.57. The lowest BCUT2D eigenvalue weighted by molar-refractivity contribution is 0.734. The summed E-state index contributed by atoms with van der Waals surface area (Å²) in [7, 11) is 0. The normalized spacial score (nSPS) is 12.2. The summed E-state index contributed by atoms with van der Waals surface area (Å²) >= 11 is 0. The summed E-state index contributed by atoms with van der Waals surface area (Å²) in [5, 5.41) is 0. The van der Waals surface area contributed by atoms with Crippen molar-refractivity contribution >= 4 is 11.5 Å². The van der Waals surface area contributed by atoms with Crippen LogP contribution in [-0.4, -0.2) is 17.6 Å². The molecule has 0 saturated carbocycles. The zero-order valence-electron chi connectivity index (χ0n) is 13.4. The fourth-order valence-electron chi connectivity index (χ4n) is 2.57. The van der Waals surface area contributed by atoms with Gasteiger partial charge in [0.15, 0.2) is 0 Å². The molecular weight excluding hydrogens is 258 g/mol. The van der Waals surface area contributed by atoms with Crippen molar-refractivity contribution in [1.29, 1.82) is 0 Å². The van der Waals surface area contributed by atoms with E-state index in [2.05, 4.69) is 61.0 Å². The number of hydrogen-bond acceptors (Lipinski definition) is 3. The summed E-state index contributed by atoms with van der Waals surface area (Å²) in [6.45, 7) is 9.28. The van der Waals surface area contributed by atoms with E-state index in [1.807, 2.05) is 13.1 Å². The van der Waals surface area contributed by atoms with Crippen molar-refractivity contribution in [2.45, 2.75) is 40.2 Å². The summed E-state index contributed by atoms with van der Waals surface area (Å²) < 4.78 is 0. The molecule has 1 atom stereocenters.